The molecule has 11 rings (SSSR count). The molecule has 0 spiro atoms. The number of allylic oxidation sites excluding steroid dienone is 1. The minimum Gasteiger partial charge on any atom is -0.309 e. The Hall–Kier alpha value is -7.04. The zero-order chi connectivity index (χ0) is 36.5. The van der Waals surface area contributed by atoms with Crippen LogP contribution in [0.4, 0.5) is 0 Å². The highest BCUT2D eigenvalue weighted by Gasteiger charge is 2.30. The minimum atomic E-state index is 0.209. The van der Waals surface area contributed by atoms with Crippen molar-refractivity contribution in [3.05, 3.63) is 193 Å². The van der Waals surface area contributed by atoms with Crippen molar-refractivity contribution in [1.29, 1.82) is 0 Å². The maximum Gasteiger partial charge on any atom is 0.164 e. The number of benzene rings is 7. The van der Waals surface area contributed by atoms with Gasteiger partial charge >= 0.3 is 0 Å². The quantitative estimate of drug-likeness (QED) is 0.179. The van der Waals surface area contributed by atoms with Crippen molar-refractivity contribution >= 4 is 55.4 Å². The second kappa shape index (κ2) is 12.5. The summed E-state index contributed by atoms with van der Waals surface area (Å²) >= 11 is 0. The molecular weight excluding hydrogens is 669 g/mol. The van der Waals surface area contributed by atoms with Gasteiger partial charge in [-0.15, -0.1) is 0 Å². The maximum atomic E-state index is 5.43. The molecule has 1 atom stereocenters. The SMILES string of the molecule is CC1CC(c2ccc3c(c2)c2ccccc2n3-c2ccccc2)=Cc2c1n(-c1nc3ccccc3nc1-c1ccccc1)c1cc(-c3ccccc3)ccc21. The van der Waals surface area contributed by atoms with Gasteiger partial charge in [0.15, 0.2) is 5.82 Å². The summed E-state index contributed by atoms with van der Waals surface area (Å²) in [5, 5.41) is 3.75. The van der Waals surface area contributed by atoms with E-state index in [1.165, 1.54) is 66.4 Å². The Balaban J connectivity index is 1.16. The van der Waals surface area contributed by atoms with Crippen LogP contribution < -0.4 is 0 Å². The number of hydrogen-bond acceptors (Lipinski definition) is 2. The molecule has 0 saturated carbocycles. The molecule has 10 aromatic rings. The summed E-state index contributed by atoms with van der Waals surface area (Å²) in [6.45, 7) is 2.37. The molecule has 55 heavy (non-hydrogen) atoms. The van der Waals surface area contributed by atoms with Crippen LogP contribution >= 0.6 is 0 Å². The fraction of sp³-hybridized carbons (Fsp3) is 0.0588. The molecule has 7 aromatic carbocycles. The highest BCUT2D eigenvalue weighted by Crippen LogP contribution is 2.46. The monoisotopic (exact) mass is 704 g/mol. The highest BCUT2D eigenvalue weighted by atomic mass is 15.1. The third-order valence-electron chi connectivity index (χ3n) is 11.3. The van der Waals surface area contributed by atoms with Gasteiger partial charge in [0.1, 0.15) is 5.69 Å². The molecule has 3 heterocycles. The van der Waals surface area contributed by atoms with Gasteiger partial charge in [-0.2, -0.15) is 0 Å². The summed E-state index contributed by atoms with van der Waals surface area (Å²) < 4.78 is 4.81. The summed E-state index contributed by atoms with van der Waals surface area (Å²) in [5.74, 6) is 1.07. The van der Waals surface area contributed by atoms with Crippen molar-refractivity contribution in [3.8, 4) is 33.9 Å². The molecule has 1 aliphatic rings. The van der Waals surface area contributed by atoms with E-state index in [-0.39, 0.29) is 5.92 Å². The molecule has 0 amide bonds. The molecule has 0 bridgehead atoms. The first-order chi connectivity index (χ1) is 27.2. The van der Waals surface area contributed by atoms with Gasteiger partial charge < -0.3 is 4.57 Å². The summed E-state index contributed by atoms with van der Waals surface area (Å²) in [7, 11) is 0. The lowest BCUT2D eigenvalue weighted by Gasteiger charge is -2.24. The van der Waals surface area contributed by atoms with Gasteiger partial charge in [-0.05, 0) is 83.3 Å². The van der Waals surface area contributed by atoms with Crippen molar-refractivity contribution in [3.63, 3.8) is 0 Å². The first-order valence-electron chi connectivity index (χ1n) is 19.1. The third-order valence-corrected chi connectivity index (χ3v) is 11.3. The molecule has 0 saturated heterocycles. The van der Waals surface area contributed by atoms with E-state index < -0.39 is 0 Å². The van der Waals surface area contributed by atoms with E-state index in [2.05, 4.69) is 186 Å². The second-order valence-corrected chi connectivity index (χ2v) is 14.7. The summed E-state index contributed by atoms with van der Waals surface area (Å²) in [4.78, 5) is 10.7. The minimum absolute atomic E-state index is 0.209. The van der Waals surface area contributed by atoms with Crippen LogP contribution in [0.25, 0.3) is 89.3 Å². The van der Waals surface area contributed by atoms with Crippen LogP contribution in [0.15, 0.2) is 176 Å². The second-order valence-electron chi connectivity index (χ2n) is 14.7. The summed E-state index contributed by atoms with van der Waals surface area (Å²) in [5.41, 5.74) is 15.9. The standard InChI is InChI=1S/C51H36N4/c1-33-29-38(36-26-28-47-42(30-36)40-21-11-14-24-46(40)54(47)39-19-9-4-10-20-39)31-43-41-27-25-37(34-15-5-2-6-16-34)32-48(41)55(50(33)43)51-49(35-17-7-3-8-18-35)52-44-22-12-13-23-45(44)53-51/h2-28,30-33H,29H2,1H3. The lowest BCUT2D eigenvalue weighted by molar-refractivity contribution is 0.728. The molecule has 1 unspecified atom stereocenters. The first-order valence-corrected chi connectivity index (χ1v) is 19.1. The van der Waals surface area contributed by atoms with Crippen LogP contribution in [0.1, 0.15) is 36.1 Å². The van der Waals surface area contributed by atoms with Crippen LogP contribution in [-0.2, 0) is 0 Å². The van der Waals surface area contributed by atoms with Crippen LogP contribution in [0.5, 0.6) is 0 Å². The Kier molecular flexibility index (Phi) is 7.17. The van der Waals surface area contributed by atoms with Crippen molar-refractivity contribution < 1.29 is 0 Å². The average molecular weight is 705 g/mol. The van der Waals surface area contributed by atoms with E-state index in [9.17, 15) is 0 Å². The number of aromatic nitrogens is 4. The fourth-order valence-corrected chi connectivity index (χ4v) is 8.83. The van der Waals surface area contributed by atoms with Crippen molar-refractivity contribution in [2.75, 3.05) is 0 Å². The zero-order valence-electron chi connectivity index (χ0n) is 30.4. The molecule has 0 aliphatic heterocycles. The molecule has 260 valence electrons. The fourth-order valence-electron chi connectivity index (χ4n) is 8.83. The lowest BCUT2D eigenvalue weighted by Crippen LogP contribution is -2.12. The predicted molar refractivity (Wildman–Crippen MR) is 229 cm³/mol. The Morgan fingerprint density at radius 2 is 1.11 bits per heavy atom. The molecule has 4 nitrogen and oxygen atoms in total. The van der Waals surface area contributed by atoms with E-state index >= 15 is 0 Å². The Morgan fingerprint density at radius 3 is 1.89 bits per heavy atom. The number of hydrogen-bond donors (Lipinski definition) is 0. The van der Waals surface area contributed by atoms with Crippen LogP contribution in [-0.4, -0.2) is 19.1 Å². The van der Waals surface area contributed by atoms with E-state index in [0.717, 1.165) is 40.0 Å². The Labute approximate surface area is 319 Å². The van der Waals surface area contributed by atoms with Crippen LogP contribution in [0.3, 0.4) is 0 Å². The molecule has 0 N–H and O–H groups in total. The topological polar surface area (TPSA) is 35.6 Å². The van der Waals surface area contributed by atoms with Gasteiger partial charge in [0.05, 0.1) is 27.6 Å². The van der Waals surface area contributed by atoms with Gasteiger partial charge in [0.25, 0.3) is 0 Å². The van der Waals surface area contributed by atoms with Crippen LogP contribution in [0.2, 0.25) is 0 Å². The van der Waals surface area contributed by atoms with Crippen molar-refractivity contribution in [1.82, 2.24) is 19.1 Å². The number of rotatable bonds is 5. The van der Waals surface area contributed by atoms with Gasteiger partial charge in [-0.1, -0.05) is 134 Å². The first kappa shape index (κ1) is 31.5. The largest absolute Gasteiger partial charge is 0.309 e. The summed E-state index contributed by atoms with van der Waals surface area (Å²) in [6.07, 6.45) is 3.35. The summed E-state index contributed by atoms with van der Waals surface area (Å²) in [6, 6.07) is 62.8. The smallest absolute Gasteiger partial charge is 0.164 e. The number of nitrogens with zero attached hydrogens (tertiary/aromatic N) is 4. The lowest BCUT2D eigenvalue weighted by atomic mass is 9.84. The maximum absolute atomic E-state index is 5.43. The molecule has 0 radical (unpaired) electrons. The molecule has 1 aliphatic carbocycles. The van der Waals surface area contributed by atoms with Gasteiger partial charge in [0, 0.05) is 44.6 Å². The van der Waals surface area contributed by atoms with Crippen molar-refractivity contribution in [2.45, 2.75) is 19.3 Å². The molecule has 4 heteroatoms. The van der Waals surface area contributed by atoms with Gasteiger partial charge in [0.2, 0.25) is 0 Å². The molecule has 3 aromatic heterocycles. The highest BCUT2D eigenvalue weighted by molar-refractivity contribution is 6.11. The average Bonchev–Trinajstić information content (AvgIpc) is 3.76. The normalized spacial score (nSPS) is 14.1. The van der Waals surface area contributed by atoms with Gasteiger partial charge in [-0.25, -0.2) is 9.97 Å². The molecule has 0 fully saturated rings. The van der Waals surface area contributed by atoms with Crippen LogP contribution in [0, 0.1) is 0 Å². The van der Waals surface area contributed by atoms with Crippen molar-refractivity contribution in [2.24, 2.45) is 0 Å². The third kappa shape index (κ3) is 5.06. The van der Waals surface area contributed by atoms with E-state index in [0.29, 0.717) is 0 Å². The molecular formula is C51H36N4. The number of fused-ring (bicyclic) bond motifs is 7. The predicted octanol–water partition coefficient (Wildman–Crippen LogP) is 13.1. The number of para-hydroxylation sites is 4. The van der Waals surface area contributed by atoms with E-state index in [4.69, 9.17) is 9.97 Å². The van der Waals surface area contributed by atoms with E-state index in [1.54, 1.807) is 0 Å². The van der Waals surface area contributed by atoms with E-state index in [1.807, 2.05) is 12.1 Å². The Morgan fingerprint density at radius 1 is 0.473 bits per heavy atom. The van der Waals surface area contributed by atoms with Gasteiger partial charge in [-0.3, -0.25) is 4.57 Å². The Bertz CT molecular complexity index is 3120. The zero-order valence-corrected chi connectivity index (χ0v) is 30.4.